The van der Waals surface area contributed by atoms with Gasteiger partial charge in [-0.05, 0) is 55.1 Å². The number of carbonyl (C=O) groups is 1. The molecule has 0 bridgehead atoms. The van der Waals surface area contributed by atoms with Crippen LogP contribution in [0.15, 0.2) is 69.9 Å². The second-order valence-electron chi connectivity index (χ2n) is 8.40. The quantitative estimate of drug-likeness (QED) is 0.297. The van der Waals surface area contributed by atoms with Gasteiger partial charge in [-0.1, -0.05) is 49.7 Å². The predicted molar refractivity (Wildman–Crippen MR) is 140 cm³/mol. The Kier molecular flexibility index (Phi) is 6.19. The van der Waals surface area contributed by atoms with E-state index in [4.69, 9.17) is 16.0 Å². The van der Waals surface area contributed by atoms with Crippen LogP contribution in [0.1, 0.15) is 30.5 Å². The molecule has 0 fully saturated rings. The lowest BCUT2D eigenvalue weighted by molar-refractivity contribution is -0.110. The summed E-state index contributed by atoms with van der Waals surface area (Å²) in [6, 6.07) is 18.9. The SMILES string of the molecule is CCN(CC)Cc1ccc(N/C(=C2\C(=O)Nc3cc(Cl)ccc32)c2ccc3[nH]c(=O)oc3c2)cc1. The number of aromatic nitrogens is 1. The second kappa shape index (κ2) is 9.44. The number of oxazole rings is 1. The number of H-pyrrole nitrogens is 1. The van der Waals surface area contributed by atoms with Gasteiger partial charge >= 0.3 is 5.76 Å². The third kappa shape index (κ3) is 4.60. The summed E-state index contributed by atoms with van der Waals surface area (Å²) in [4.78, 5) is 29.8. The largest absolute Gasteiger partial charge is 0.417 e. The van der Waals surface area contributed by atoms with Crippen molar-refractivity contribution in [1.82, 2.24) is 9.88 Å². The van der Waals surface area contributed by atoms with Gasteiger partial charge in [0.1, 0.15) is 0 Å². The van der Waals surface area contributed by atoms with Crippen molar-refractivity contribution in [2.24, 2.45) is 0 Å². The van der Waals surface area contributed by atoms with E-state index in [9.17, 15) is 9.59 Å². The highest BCUT2D eigenvalue weighted by Crippen LogP contribution is 2.39. The van der Waals surface area contributed by atoms with Crippen LogP contribution in [0, 0.1) is 0 Å². The van der Waals surface area contributed by atoms with Gasteiger partial charge in [-0.2, -0.15) is 0 Å². The molecule has 0 unspecified atom stereocenters. The van der Waals surface area contributed by atoms with Gasteiger partial charge in [0.05, 0.1) is 22.5 Å². The van der Waals surface area contributed by atoms with E-state index in [1.165, 1.54) is 5.56 Å². The first-order chi connectivity index (χ1) is 16.9. The van der Waals surface area contributed by atoms with Gasteiger partial charge in [-0.3, -0.25) is 14.7 Å². The molecular weight excluding hydrogens is 464 g/mol. The third-order valence-corrected chi connectivity index (χ3v) is 6.44. The highest BCUT2D eigenvalue weighted by molar-refractivity contribution is 6.38. The molecule has 5 rings (SSSR count). The predicted octanol–water partition coefficient (Wildman–Crippen LogP) is 5.55. The van der Waals surface area contributed by atoms with Crippen LogP contribution in [0.5, 0.6) is 0 Å². The first-order valence-electron chi connectivity index (χ1n) is 11.5. The monoisotopic (exact) mass is 488 g/mol. The van der Waals surface area contributed by atoms with Crippen LogP contribution >= 0.6 is 11.6 Å². The highest BCUT2D eigenvalue weighted by atomic mass is 35.5. The summed E-state index contributed by atoms with van der Waals surface area (Å²) in [6.45, 7) is 7.16. The number of fused-ring (bicyclic) bond motifs is 2. The Morgan fingerprint density at radius 3 is 2.51 bits per heavy atom. The van der Waals surface area contributed by atoms with Gasteiger partial charge in [0.15, 0.2) is 5.58 Å². The summed E-state index contributed by atoms with van der Waals surface area (Å²) in [7, 11) is 0. The number of aromatic amines is 1. The number of hydrogen-bond acceptors (Lipinski definition) is 5. The molecule has 35 heavy (non-hydrogen) atoms. The highest BCUT2D eigenvalue weighted by Gasteiger charge is 2.29. The molecule has 0 spiro atoms. The molecule has 2 heterocycles. The summed E-state index contributed by atoms with van der Waals surface area (Å²) < 4.78 is 5.27. The van der Waals surface area contributed by atoms with Crippen LogP contribution < -0.4 is 16.4 Å². The fraction of sp³-hybridized carbons (Fsp3) is 0.185. The fourth-order valence-electron chi connectivity index (χ4n) is 4.32. The van der Waals surface area contributed by atoms with Crippen LogP contribution in [0.2, 0.25) is 5.02 Å². The number of halogens is 1. The van der Waals surface area contributed by atoms with Crippen molar-refractivity contribution in [2.45, 2.75) is 20.4 Å². The smallest absolute Gasteiger partial charge is 0.408 e. The van der Waals surface area contributed by atoms with Crippen molar-refractivity contribution in [3.05, 3.63) is 92.9 Å². The average molecular weight is 489 g/mol. The van der Waals surface area contributed by atoms with Gasteiger partial charge in [-0.15, -0.1) is 0 Å². The van der Waals surface area contributed by atoms with Crippen LogP contribution in [-0.4, -0.2) is 28.9 Å². The summed E-state index contributed by atoms with van der Waals surface area (Å²) in [5.41, 5.74) is 6.25. The van der Waals surface area contributed by atoms with Crippen molar-refractivity contribution >= 4 is 51.3 Å². The Labute approximate surface area is 207 Å². The molecule has 1 aromatic heterocycles. The molecule has 3 aromatic carbocycles. The van der Waals surface area contributed by atoms with Crippen LogP contribution in [0.3, 0.4) is 0 Å². The number of carbonyl (C=O) groups excluding carboxylic acids is 1. The molecule has 178 valence electrons. The maximum absolute atomic E-state index is 13.1. The molecule has 0 radical (unpaired) electrons. The van der Waals surface area contributed by atoms with Gasteiger partial charge in [0.2, 0.25) is 0 Å². The molecule has 4 aromatic rings. The molecule has 1 aliphatic rings. The minimum atomic E-state index is -0.526. The van der Waals surface area contributed by atoms with Gasteiger partial charge in [0.25, 0.3) is 5.91 Å². The summed E-state index contributed by atoms with van der Waals surface area (Å²) in [6.07, 6.45) is 0. The molecule has 0 atom stereocenters. The van der Waals surface area contributed by atoms with Crippen molar-refractivity contribution < 1.29 is 9.21 Å². The van der Waals surface area contributed by atoms with Crippen molar-refractivity contribution in [3.8, 4) is 0 Å². The third-order valence-electron chi connectivity index (χ3n) is 6.21. The van der Waals surface area contributed by atoms with E-state index in [1.807, 2.05) is 24.3 Å². The number of hydrogen-bond donors (Lipinski definition) is 3. The number of anilines is 2. The Morgan fingerprint density at radius 1 is 1.00 bits per heavy atom. The summed E-state index contributed by atoms with van der Waals surface area (Å²) >= 11 is 6.15. The summed E-state index contributed by atoms with van der Waals surface area (Å²) in [5.74, 6) is -0.764. The van der Waals surface area contributed by atoms with Gasteiger partial charge < -0.3 is 15.1 Å². The fourth-order valence-corrected chi connectivity index (χ4v) is 4.49. The molecule has 3 N–H and O–H groups in total. The lowest BCUT2D eigenvalue weighted by Gasteiger charge is -2.19. The van der Waals surface area contributed by atoms with E-state index in [1.54, 1.807) is 24.3 Å². The zero-order valence-corrected chi connectivity index (χ0v) is 20.2. The maximum Gasteiger partial charge on any atom is 0.417 e. The lowest BCUT2D eigenvalue weighted by atomic mass is 9.99. The number of amides is 1. The molecular formula is C27H25ClN4O3. The van der Waals surface area contributed by atoms with E-state index in [0.29, 0.717) is 38.6 Å². The minimum Gasteiger partial charge on any atom is -0.408 e. The van der Waals surface area contributed by atoms with Crippen LogP contribution in [-0.2, 0) is 11.3 Å². The van der Waals surface area contributed by atoms with E-state index >= 15 is 0 Å². The molecule has 0 saturated heterocycles. The van der Waals surface area contributed by atoms with E-state index < -0.39 is 5.76 Å². The Balaban J connectivity index is 1.59. The number of benzene rings is 3. The van der Waals surface area contributed by atoms with E-state index in [-0.39, 0.29) is 5.91 Å². The molecule has 1 aliphatic heterocycles. The molecule has 7 nitrogen and oxygen atoms in total. The molecule has 8 heteroatoms. The Hall–Kier alpha value is -3.81. The second-order valence-corrected chi connectivity index (χ2v) is 8.84. The van der Waals surface area contributed by atoms with Gasteiger partial charge in [-0.25, -0.2) is 4.79 Å². The number of nitrogens with zero attached hydrogens (tertiary/aromatic N) is 1. The standard InChI is InChI=1S/C27H25ClN4O3/c1-3-32(4-2)15-16-5-9-19(10-6-16)29-25(17-7-12-21-23(13-17)35-27(34)31-21)24-20-11-8-18(28)14-22(20)30-26(24)33/h5-14,29H,3-4,15H2,1-2H3,(H,30,33)(H,31,34)/b25-24-. The number of nitrogens with one attached hydrogen (secondary N) is 3. The Bertz CT molecular complexity index is 1500. The zero-order valence-electron chi connectivity index (χ0n) is 19.4. The van der Waals surface area contributed by atoms with Gasteiger partial charge in [0, 0.05) is 28.4 Å². The normalized spacial score (nSPS) is 14.3. The summed E-state index contributed by atoms with van der Waals surface area (Å²) in [5, 5.41) is 6.89. The van der Waals surface area contributed by atoms with Crippen LogP contribution in [0.25, 0.3) is 22.4 Å². The van der Waals surface area contributed by atoms with Crippen molar-refractivity contribution in [1.29, 1.82) is 0 Å². The Morgan fingerprint density at radius 2 is 1.77 bits per heavy atom. The first kappa shape index (κ1) is 23.0. The van der Waals surface area contributed by atoms with Crippen molar-refractivity contribution in [3.63, 3.8) is 0 Å². The molecule has 0 saturated carbocycles. The molecule has 0 aliphatic carbocycles. The molecule has 1 amide bonds. The average Bonchev–Trinajstić information content (AvgIpc) is 3.38. The van der Waals surface area contributed by atoms with E-state index in [0.717, 1.165) is 30.9 Å². The minimum absolute atomic E-state index is 0.237. The number of rotatable bonds is 7. The first-order valence-corrected chi connectivity index (χ1v) is 11.9. The zero-order chi connectivity index (χ0) is 24.5. The topological polar surface area (TPSA) is 90.4 Å². The van der Waals surface area contributed by atoms with E-state index in [2.05, 4.69) is 46.5 Å². The van der Waals surface area contributed by atoms with Crippen molar-refractivity contribution in [2.75, 3.05) is 23.7 Å². The lowest BCUT2D eigenvalue weighted by Crippen LogP contribution is -2.22. The maximum atomic E-state index is 13.1. The van der Waals surface area contributed by atoms with Crippen LogP contribution in [0.4, 0.5) is 11.4 Å².